The van der Waals surface area contributed by atoms with E-state index in [0.717, 1.165) is 32.2 Å². The van der Waals surface area contributed by atoms with Gasteiger partial charge < -0.3 is 14.4 Å². The highest BCUT2D eigenvalue weighted by molar-refractivity contribution is 6.02. The van der Waals surface area contributed by atoms with Crippen molar-refractivity contribution in [3.8, 4) is 29.6 Å². The summed E-state index contributed by atoms with van der Waals surface area (Å²) in [6.45, 7) is 3.32. The summed E-state index contributed by atoms with van der Waals surface area (Å²) in [6, 6.07) is 8.35. The fraction of sp³-hybridized carbons (Fsp3) is 0.441. The Labute approximate surface area is 253 Å². The number of aromatic nitrogens is 3. The van der Waals surface area contributed by atoms with E-state index < -0.39 is 23.3 Å². The number of terminal acetylenes is 1. The van der Waals surface area contributed by atoms with E-state index in [-0.39, 0.29) is 35.4 Å². The minimum absolute atomic E-state index is 0.0231. The lowest BCUT2D eigenvalue weighted by Gasteiger charge is -2.31. The first-order valence-corrected chi connectivity index (χ1v) is 15.4. The number of rotatable bonds is 4. The van der Waals surface area contributed by atoms with Gasteiger partial charge in [-0.1, -0.05) is 30.2 Å². The number of hydrogen-bond acceptors (Lipinski definition) is 7. The number of ether oxygens (including phenoxy) is 2. The Kier molecular flexibility index (Phi) is 6.65. The minimum Gasteiger partial charge on any atom is -0.461 e. The normalized spacial score (nSPS) is 25.0. The summed E-state index contributed by atoms with van der Waals surface area (Å²) in [4.78, 5) is 18.8. The standard InChI is InChI=1S/C34H32F3N5O2/c1-2-23-25(36)10-8-20-6-3-7-24(27(20)23)30-29(37)31-28-26(38-30)11-9-22-18-43-15-5-14-42(22)32(28)40-33(39-31)44-19-34-12-4-13-41(34)17-21(35)16-34/h1,3,6-8,10,21-22H,4-5,9,11-19H2/t21-,22+,34+/m1/s1. The maximum Gasteiger partial charge on any atom is 0.319 e. The molecule has 44 heavy (non-hydrogen) atoms. The lowest BCUT2D eigenvalue weighted by atomic mass is 9.95. The van der Waals surface area contributed by atoms with Gasteiger partial charge >= 0.3 is 6.01 Å². The molecule has 3 fully saturated rings. The second-order valence-electron chi connectivity index (χ2n) is 12.4. The molecule has 2 aromatic carbocycles. The molecule has 3 saturated heterocycles. The van der Waals surface area contributed by atoms with E-state index in [0.29, 0.717) is 72.4 Å². The van der Waals surface area contributed by atoms with Crippen molar-refractivity contribution < 1.29 is 22.6 Å². The van der Waals surface area contributed by atoms with Crippen LogP contribution in [-0.4, -0.2) is 77.1 Å². The van der Waals surface area contributed by atoms with Crippen LogP contribution in [0.1, 0.15) is 43.4 Å². The summed E-state index contributed by atoms with van der Waals surface area (Å²) in [7, 11) is 0. The lowest BCUT2D eigenvalue weighted by Crippen LogP contribution is -2.43. The first-order valence-electron chi connectivity index (χ1n) is 15.4. The van der Waals surface area contributed by atoms with Gasteiger partial charge in [0.2, 0.25) is 0 Å². The molecule has 0 aliphatic carbocycles. The van der Waals surface area contributed by atoms with Gasteiger partial charge in [-0.05, 0) is 50.1 Å². The predicted molar refractivity (Wildman–Crippen MR) is 162 cm³/mol. The smallest absolute Gasteiger partial charge is 0.319 e. The summed E-state index contributed by atoms with van der Waals surface area (Å²) in [6.07, 6.45) is 9.15. The fourth-order valence-electron chi connectivity index (χ4n) is 7.83. The van der Waals surface area contributed by atoms with Crippen LogP contribution in [0.4, 0.5) is 19.0 Å². The van der Waals surface area contributed by atoms with Gasteiger partial charge in [-0.15, -0.1) is 6.42 Å². The highest BCUT2D eigenvalue weighted by Gasteiger charge is 2.49. The monoisotopic (exact) mass is 599 g/mol. The average Bonchev–Trinajstić information content (AvgIpc) is 3.38. The Morgan fingerprint density at radius 1 is 1.09 bits per heavy atom. The van der Waals surface area contributed by atoms with Gasteiger partial charge in [0, 0.05) is 37.1 Å². The fourth-order valence-corrected chi connectivity index (χ4v) is 7.83. The van der Waals surface area contributed by atoms with Crippen LogP contribution in [0.25, 0.3) is 32.9 Å². The van der Waals surface area contributed by atoms with Crippen molar-refractivity contribution >= 4 is 27.5 Å². The summed E-state index contributed by atoms with van der Waals surface area (Å²) in [5.41, 5.74) is 0.875. The van der Waals surface area contributed by atoms with Crippen molar-refractivity contribution in [3.63, 3.8) is 0 Å². The first kappa shape index (κ1) is 27.6. The molecule has 7 nitrogen and oxygen atoms in total. The number of halogens is 3. The van der Waals surface area contributed by atoms with Crippen molar-refractivity contribution in [1.82, 2.24) is 19.9 Å². The summed E-state index contributed by atoms with van der Waals surface area (Å²) in [5, 5.41) is 1.67. The van der Waals surface area contributed by atoms with E-state index in [9.17, 15) is 8.78 Å². The van der Waals surface area contributed by atoms with E-state index >= 15 is 4.39 Å². The second kappa shape index (κ2) is 10.6. The molecule has 0 unspecified atom stereocenters. The van der Waals surface area contributed by atoms with Crippen LogP contribution in [0.3, 0.4) is 0 Å². The highest BCUT2D eigenvalue weighted by atomic mass is 19.1. The molecule has 226 valence electrons. The number of benzene rings is 2. The van der Waals surface area contributed by atoms with Crippen molar-refractivity contribution in [3.05, 3.63) is 53.2 Å². The third-order valence-corrected chi connectivity index (χ3v) is 9.87. The number of hydrogen-bond donors (Lipinski definition) is 0. The maximum atomic E-state index is 16.9. The Morgan fingerprint density at radius 3 is 2.89 bits per heavy atom. The van der Waals surface area contributed by atoms with Crippen LogP contribution in [0, 0.1) is 24.0 Å². The molecule has 2 aromatic heterocycles. The van der Waals surface area contributed by atoms with Gasteiger partial charge in [0.15, 0.2) is 5.82 Å². The largest absolute Gasteiger partial charge is 0.461 e. The summed E-state index contributed by atoms with van der Waals surface area (Å²) < 4.78 is 58.5. The molecule has 0 N–H and O–H groups in total. The van der Waals surface area contributed by atoms with Gasteiger partial charge in [-0.25, -0.2) is 18.2 Å². The molecule has 0 radical (unpaired) electrons. The van der Waals surface area contributed by atoms with Crippen LogP contribution < -0.4 is 9.64 Å². The summed E-state index contributed by atoms with van der Waals surface area (Å²) in [5.74, 6) is 1.83. The van der Waals surface area contributed by atoms with Gasteiger partial charge in [0.25, 0.3) is 0 Å². The predicted octanol–water partition coefficient (Wildman–Crippen LogP) is 5.60. The number of aryl methyl sites for hydroxylation is 1. The van der Waals surface area contributed by atoms with Crippen molar-refractivity contribution in [2.75, 3.05) is 44.4 Å². The average molecular weight is 600 g/mol. The van der Waals surface area contributed by atoms with Crippen LogP contribution >= 0.6 is 0 Å². The Morgan fingerprint density at radius 2 is 2.00 bits per heavy atom. The highest BCUT2D eigenvalue weighted by Crippen LogP contribution is 2.43. The third kappa shape index (κ3) is 4.32. The molecule has 0 spiro atoms. The molecule has 4 aliphatic rings. The molecule has 0 amide bonds. The van der Waals surface area contributed by atoms with Gasteiger partial charge in [0.05, 0.1) is 34.8 Å². The Balaban J connectivity index is 1.32. The zero-order valence-electron chi connectivity index (χ0n) is 24.3. The van der Waals surface area contributed by atoms with E-state index in [1.807, 2.05) is 6.07 Å². The lowest BCUT2D eigenvalue weighted by molar-refractivity contribution is 0.107. The van der Waals surface area contributed by atoms with E-state index in [2.05, 4.69) is 20.7 Å². The Bertz CT molecular complexity index is 1840. The van der Waals surface area contributed by atoms with Crippen molar-refractivity contribution in [2.24, 2.45) is 0 Å². The number of fused-ring (bicyclic) bond motifs is 4. The SMILES string of the molecule is C#Cc1c(F)ccc2cccc(-c3nc4c5c(nc(OC[C@@]67CCCN6C[C@H](F)C7)nc5c3F)N3CCCOC[C@@H]3CC4)c12. The Hall–Kier alpha value is -3.94. The first-order chi connectivity index (χ1) is 21.5. The number of anilines is 1. The molecule has 6 heterocycles. The van der Waals surface area contributed by atoms with Gasteiger partial charge in [0.1, 0.15) is 35.6 Å². The molecule has 4 aliphatic heterocycles. The molecule has 3 atom stereocenters. The van der Waals surface area contributed by atoms with Crippen molar-refractivity contribution in [1.29, 1.82) is 0 Å². The van der Waals surface area contributed by atoms with Gasteiger partial charge in [-0.3, -0.25) is 4.90 Å². The summed E-state index contributed by atoms with van der Waals surface area (Å²) >= 11 is 0. The van der Waals surface area contributed by atoms with Crippen LogP contribution in [-0.2, 0) is 11.2 Å². The molecule has 0 saturated carbocycles. The quantitative estimate of drug-likeness (QED) is 0.283. The molecule has 4 aromatic rings. The molecule has 8 rings (SSSR count). The van der Waals surface area contributed by atoms with E-state index in [1.54, 1.807) is 18.2 Å². The molecular formula is C34H32F3N5O2. The number of pyridine rings is 1. The second-order valence-corrected chi connectivity index (χ2v) is 12.4. The number of nitrogens with zero attached hydrogens (tertiary/aromatic N) is 5. The van der Waals surface area contributed by atoms with Crippen LogP contribution in [0.15, 0.2) is 30.3 Å². The van der Waals surface area contributed by atoms with E-state index in [1.165, 1.54) is 6.07 Å². The maximum absolute atomic E-state index is 16.9. The zero-order valence-corrected chi connectivity index (χ0v) is 24.3. The third-order valence-electron chi connectivity index (χ3n) is 9.87. The van der Waals surface area contributed by atoms with Crippen LogP contribution in [0.5, 0.6) is 6.01 Å². The van der Waals surface area contributed by atoms with E-state index in [4.69, 9.17) is 25.9 Å². The molecule has 0 bridgehead atoms. The zero-order chi connectivity index (χ0) is 30.0. The molecule has 10 heteroatoms. The number of alkyl halides is 1. The topological polar surface area (TPSA) is 63.6 Å². The van der Waals surface area contributed by atoms with Gasteiger partial charge in [-0.2, -0.15) is 9.97 Å². The minimum atomic E-state index is -0.897. The molecular weight excluding hydrogens is 567 g/mol. The van der Waals surface area contributed by atoms with Crippen LogP contribution in [0.2, 0.25) is 0 Å². The van der Waals surface area contributed by atoms with Crippen molar-refractivity contribution in [2.45, 2.75) is 56.3 Å².